The first-order chi connectivity index (χ1) is 10.4. The largest absolute Gasteiger partial charge is 0.444 e. The zero-order valence-corrected chi connectivity index (χ0v) is 15.0. The summed E-state index contributed by atoms with van der Waals surface area (Å²) in [7, 11) is 0. The number of benzene rings is 1. The number of carbonyl (C=O) groups excluding carboxylic acids is 1. The Morgan fingerprint density at radius 3 is 2.17 bits per heavy atom. The van der Waals surface area contributed by atoms with Crippen LogP contribution in [0, 0.1) is 11.8 Å². The number of ether oxygens (including phenoxy) is 1. The molecule has 0 aromatic heterocycles. The van der Waals surface area contributed by atoms with Crippen LogP contribution >= 0.6 is 12.4 Å². The highest BCUT2D eigenvalue weighted by Crippen LogP contribution is 2.32. The summed E-state index contributed by atoms with van der Waals surface area (Å²) < 4.78 is 5.48. The molecule has 2 saturated heterocycles. The van der Waals surface area contributed by atoms with E-state index < -0.39 is 5.60 Å². The SMILES string of the molecule is CC(C)(C)OC(=O)N1CC2CN(Cc3ccccc3)CC2C1.Cl. The summed E-state index contributed by atoms with van der Waals surface area (Å²) in [4.78, 5) is 16.6. The Kier molecular flexibility index (Phi) is 5.58. The van der Waals surface area contributed by atoms with Gasteiger partial charge in [0.2, 0.25) is 0 Å². The standard InChI is InChI=1S/C18H26N2O2.ClH/c1-18(2,3)22-17(21)20-12-15-10-19(11-16(15)13-20)9-14-7-5-4-6-8-14;/h4-8,15-16H,9-13H2,1-3H3;1H. The molecule has 0 aliphatic carbocycles. The molecule has 2 unspecified atom stereocenters. The summed E-state index contributed by atoms with van der Waals surface area (Å²) in [5.41, 5.74) is 0.959. The molecule has 2 atom stereocenters. The smallest absolute Gasteiger partial charge is 0.410 e. The van der Waals surface area contributed by atoms with Crippen molar-refractivity contribution < 1.29 is 9.53 Å². The highest BCUT2D eigenvalue weighted by Gasteiger charge is 2.42. The summed E-state index contributed by atoms with van der Waals surface area (Å²) in [6.45, 7) is 10.6. The molecule has 0 N–H and O–H groups in total. The zero-order chi connectivity index (χ0) is 15.7. The fraction of sp³-hybridized carbons (Fsp3) is 0.611. The van der Waals surface area contributed by atoms with Gasteiger partial charge in [0.1, 0.15) is 5.60 Å². The minimum Gasteiger partial charge on any atom is -0.444 e. The second kappa shape index (κ2) is 7.10. The first-order valence-corrected chi connectivity index (χ1v) is 8.15. The maximum atomic E-state index is 12.2. The molecule has 1 aromatic rings. The predicted octanol–water partition coefficient (Wildman–Crippen LogP) is 3.41. The van der Waals surface area contributed by atoms with Gasteiger partial charge in [-0.25, -0.2) is 4.79 Å². The molecular weight excluding hydrogens is 312 g/mol. The Labute approximate surface area is 145 Å². The van der Waals surface area contributed by atoms with Crippen molar-refractivity contribution in [2.24, 2.45) is 11.8 Å². The van der Waals surface area contributed by atoms with Gasteiger partial charge in [0.25, 0.3) is 0 Å². The van der Waals surface area contributed by atoms with E-state index in [1.165, 1.54) is 5.56 Å². The van der Waals surface area contributed by atoms with Gasteiger partial charge < -0.3 is 9.64 Å². The normalized spacial score (nSPS) is 24.2. The number of hydrogen-bond acceptors (Lipinski definition) is 3. The lowest BCUT2D eigenvalue weighted by Crippen LogP contribution is -2.37. The van der Waals surface area contributed by atoms with Gasteiger partial charge in [-0.05, 0) is 38.2 Å². The van der Waals surface area contributed by atoms with Crippen molar-refractivity contribution in [2.75, 3.05) is 26.2 Å². The summed E-state index contributed by atoms with van der Waals surface area (Å²) in [6, 6.07) is 10.6. The van der Waals surface area contributed by atoms with E-state index in [0.29, 0.717) is 11.8 Å². The molecule has 2 aliphatic heterocycles. The average Bonchev–Trinajstić information content (AvgIpc) is 2.96. The molecule has 2 aliphatic rings. The monoisotopic (exact) mass is 338 g/mol. The van der Waals surface area contributed by atoms with E-state index in [-0.39, 0.29) is 18.5 Å². The highest BCUT2D eigenvalue weighted by molar-refractivity contribution is 5.85. The van der Waals surface area contributed by atoms with Gasteiger partial charge in [-0.3, -0.25) is 4.90 Å². The molecule has 23 heavy (non-hydrogen) atoms. The molecule has 0 spiro atoms. The van der Waals surface area contributed by atoms with Gasteiger partial charge >= 0.3 is 6.09 Å². The van der Waals surface area contributed by atoms with E-state index in [0.717, 1.165) is 32.7 Å². The Morgan fingerprint density at radius 2 is 1.65 bits per heavy atom. The quantitative estimate of drug-likeness (QED) is 0.828. The summed E-state index contributed by atoms with van der Waals surface area (Å²) in [5, 5.41) is 0. The van der Waals surface area contributed by atoms with Crippen molar-refractivity contribution >= 4 is 18.5 Å². The molecule has 0 bridgehead atoms. The molecular formula is C18H27ClN2O2. The van der Waals surface area contributed by atoms with Crippen molar-refractivity contribution in [3.05, 3.63) is 35.9 Å². The van der Waals surface area contributed by atoms with Crippen molar-refractivity contribution in [3.63, 3.8) is 0 Å². The number of carbonyl (C=O) groups is 1. The van der Waals surface area contributed by atoms with Crippen molar-refractivity contribution in [2.45, 2.75) is 32.9 Å². The number of fused-ring (bicyclic) bond motifs is 1. The highest BCUT2D eigenvalue weighted by atomic mass is 35.5. The Bertz CT molecular complexity index is 516. The third-order valence-corrected chi connectivity index (χ3v) is 4.46. The number of halogens is 1. The van der Waals surface area contributed by atoms with Crippen LogP contribution < -0.4 is 0 Å². The second-order valence-corrected chi connectivity index (χ2v) is 7.59. The Morgan fingerprint density at radius 1 is 1.09 bits per heavy atom. The fourth-order valence-electron chi connectivity index (χ4n) is 3.54. The van der Waals surface area contributed by atoms with Crippen LogP contribution in [0.5, 0.6) is 0 Å². The van der Waals surface area contributed by atoms with E-state index >= 15 is 0 Å². The van der Waals surface area contributed by atoms with Gasteiger partial charge in [-0.2, -0.15) is 0 Å². The van der Waals surface area contributed by atoms with Gasteiger partial charge in [0.05, 0.1) is 0 Å². The van der Waals surface area contributed by atoms with Crippen LogP contribution in [0.3, 0.4) is 0 Å². The van der Waals surface area contributed by atoms with E-state index in [1.807, 2.05) is 25.7 Å². The van der Waals surface area contributed by atoms with Crippen LogP contribution in [-0.4, -0.2) is 47.7 Å². The predicted molar refractivity (Wildman–Crippen MR) is 93.8 cm³/mol. The van der Waals surface area contributed by atoms with Crippen LogP contribution in [0.1, 0.15) is 26.3 Å². The van der Waals surface area contributed by atoms with Crippen molar-refractivity contribution in [1.82, 2.24) is 9.80 Å². The summed E-state index contributed by atoms with van der Waals surface area (Å²) in [5.74, 6) is 1.19. The van der Waals surface area contributed by atoms with Gasteiger partial charge in [0.15, 0.2) is 0 Å². The van der Waals surface area contributed by atoms with Crippen molar-refractivity contribution in [1.29, 1.82) is 0 Å². The molecule has 128 valence electrons. The molecule has 5 heteroatoms. The fourth-order valence-corrected chi connectivity index (χ4v) is 3.54. The number of amides is 1. The Hall–Kier alpha value is -1.26. The molecule has 1 aromatic carbocycles. The number of nitrogens with zero attached hydrogens (tertiary/aromatic N) is 2. The molecule has 2 fully saturated rings. The first kappa shape index (κ1) is 18.1. The molecule has 2 heterocycles. The lowest BCUT2D eigenvalue weighted by atomic mass is 10.0. The van der Waals surface area contributed by atoms with E-state index in [4.69, 9.17) is 4.74 Å². The van der Waals surface area contributed by atoms with E-state index in [2.05, 4.69) is 35.2 Å². The number of rotatable bonds is 2. The van der Waals surface area contributed by atoms with Crippen LogP contribution in [0.15, 0.2) is 30.3 Å². The van der Waals surface area contributed by atoms with E-state index in [9.17, 15) is 4.79 Å². The van der Waals surface area contributed by atoms with Crippen LogP contribution in [0.4, 0.5) is 4.79 Å². The minimum atomic E-state index is -0.409. The molecule has 1 amide bonds. The molecule has 4 nitrogen and oxygen atoms in total. The van der Waals surface area contributed by atoms with Crippen LogP contribution in [-0.2, 0) is 11.3 Å². The molecule has 3 rings (SSSR count). The average molecular weight is 339 g/mol. The molecule has 0 saturated carbocycles. The third-order valence-electron chi connectivity index (χ3n) is 4.46. The van der Waals surface area contributed by atoms with Crippen LogP contribution in [0.25, 0.3) is 0 Å². The summed E-state index contributed by atoms with van der Waals surface area (Å²) >= 11 is 0. The maximum absolute atomic E-state index is 12.2. The van der Waals surface area contributed by atoms with E-state index in [1.54, 1.807) is 0 Å². The minimum absolute atomic E-state index is 0. The van der Waals surface area contributed by atoms with Crippen molar-refractivity contribution in [3.8, 4) is 0 Å². The lowest BCUT2D eigenvalue weighted by molar-refractivity contribution is 0.0274. The first-order valence-electron chi connectivity index (χ1n) is 8.15. The maximum Gasteiger partial charge on any atom is 0.410 e. The zero-order valence-electron chi connectivity index (χ0n) is 14.2. The number of hydrogen-bond donors (Lipinski definition) is 0. The summed E-state index contributed by atoms with van der Waals surface area (Å²) in [6.07, 6.45) is -0.156. The number of likely N-dealkylation sites (tertiary alicyclic amines) is 2. The van der Waals surface area contributed by atoms with Gasteiger partial charge in [0, 0.05) is 32.7 Å². The Balaban J connectivity index is 0.00000192. The van der Waals surface area contributed by atoms with Gasteiger partial charge in [-0.1, -0.05) is 30.3 Å². The lowest BCUT2D eigenvalue weighted by Gasteiger charge is -2.26. The molecule has 0 radical (unpaired) electrons. The third kappa shape index (κ3) is 4.61. The topological polar surface area (TPSA) is 32.8 Å². The van der Waals surface area contributed by atoms with Gasteiger partial charge in [-0.15, -0.1) is 12.4 Å². The second-order valence-electron chi connectivity index (χ2n) is 7.59. The van der Waals surface area contributed by atoms with Crippen LogP contribution in [0.2, 0.25) is 0 Å².